The van der Waals surface area contributed by atoms with Gasteiger partial charge < -0.3 is 9.30 Å². The molecule has 2 rings (SSSR count). The van der Waals surface area contributed by atoms with Gasteiger partial charge in [0.15, 0.2) is 0 Å². The van der Waals surface area contributed by atoms with E-state index in [1.54, 1.807) is 6.92 Å². The van der Waals surface area contributed by atoms with Gasteiger partial charge in [-0.2, -0.15) is 4.31 Å². The molecule has 0 bridgehead atoms. The molecule has 2 heterocycles. The minimum absolute atomic E-state index is 0.0621. The molecule has 2 amide bonds. The summed E-state index contributed by atoms with van der Waals surface area (Å²) in [4.78, 5) is 34.7. The fourth-order valence-corrected chi connectivity index (χ4v) is 3.88. The summed E-state index contributed by atoms with van der Waals surface area (Å²) in [5.74, 6) is -0.772. The van der Waals surface area contributed by atoms with Gasteiger partial charge in [0.25, 0.3) is 5.56 Å². The van der Waals surface area contributed by atoms with Crippen LogP contribution in [0.25, 0.3) is 0 Å². The molecule has 10 heteroatoms. The molecule has 0 atom stereocenters. The molecular weight excluding hydrogens is 338 g/mol. The van der Waals surface area contributed by atoms with Crippen LogP contribution in [-0.2, 0) is 26.1 Å². The number of rotatable bonds is 5. The fraction of sp³-hybridized carbons (Fsp3) is 0.500. The SMILES string of the molecule is CCOC(=O)NC(=O)Cn1cc(S(=O)(=O)N2CCCC2)ccc1=O. The number of nitrogens with one attached hydrogen (secondary N) is 1. The van der Waals surface area contributed by atoms with E-state index in [1.807, 2.05) is 5.32 Å². The molecule has 1 aliphatic rings. The van der Waals surface area contributed by atoms with Gasteiger partial charge >= 0.3 is 6.09 Å². The Morgan fingerprint density at radius 3 is 2.54 bits per heavy atom. The van der Waals surface area contributed by atoms with Crippen molar-refractivity contribution in [1.29, 1.82) is 0 Å². The van der Waals surface area contributed by atoms with Crippen molar-refractivity contribution in [1.82, 2.24) is 14.2 Å². The summed E-state index contributed by atoms with van der Waals surface area (Å²) in [7, 11) is -3.70. The molecule has 1 aliphatic heterocycles. The maximum Gasteiger partial charge on any atom is 0.413 e. The van der Waals surface area contributed by atoms with E-state index in [0.717, 1.165) is 29.7 Å². The molecule has 1 aromatic heterocycles. The van der Waals surface area contributed by atoms with Gasteiger partial charge in [-0.1, -0.05) is 0 Å². The molecular formula is C14H19N3O6S. The van der Waals surface area contributed by atoms with Gasteiger partial charge in [-0.3, -0.25) is 14.9 Å². The molecule has 0 aromatic carbocycles. The summed E-state index contributed by atoms with van der Waals surface area (Å²) in [6, 6.07) is 2.30. The second kappa shape index (κ2) is 7.58. The third kappa shape index (κ3) is 4.20. The third-order valence-corrected chi connectivity index (χ3v) is 5.37. The van der Waals surface area contributed by atoms with Crippen LogP contribution in [0.3, 0.4) is 0 Å². The first-order chi connectivity index (χ1) is 11.3. The van der Waals surface area contributed by atoms with E-state index < -0.39 is 34.1 Å². The highest BCUT2D eigenvalue weighted by atomic mass is 32.2. The number of sulfonamides is 1. The van der Waals surface area contributed by atoms with Gasteiger partial charge in [-0.05, 0) is 25.8 Å². The van der Waals surface area contributed by atoms with E-state index in [9.17, 15) is 22.8 Å². The average molecular weight is 357 g/mol. The Morgan fingerprint density at radius 2 is 1.92 bits per heavy atom. The minimum Gasteiger partial charge on any atom is -0.450 e. The van der Waals surface area contributed by atoms with Crippen LogP contribution in [-0.4, -0.2) is 49.0 Å². The maximum atomic E-state index is 12.5. The van der Waals surface area contributed by atoms with Crippen molar-refractivity contribution in [2.24, 2.45) is 0 Å². The normalized spacial score (nSPS) is 15.2. The summed E-state index contributed by atoms with van der Waals surface area (Å²) in [6.07, 6.45) is 1.78. The van der Waals surface area contributed by atoms with Crippen molar-refractivity contribution in [2.75, 3.05) is 19.7 Å². The lowest BCUT2D eigenvalue weighted by atomic mass is 10.4. The first kappa shape index (κ1) is 18.1. The molecule has 0 aliphatic carbocycles. The number of amides is 2. The number of hydrogen-bond acceptors (Lipinski definition) is 6. The zero-order valence-electron chi connectivity index (χ0n) is 13.2. The number of carbonyl (C=O) groups excluding carboxylic acids is 2. The first-order valence-electron chi connectivity index (χ1n) is 7.52. The van der Waals surface area contributed by atoms with E-state index in [0.29, 0.717) is 13.1 Å². The topological polar surface area (TPSA) is 115 Å². The third-order valence-electron chi connectivity index (χ3n) is 3.49. The van der Waals surface area contributed by atoms with Gasteiger partial charge in [0.2, 0.25) is 15.9 Å². The highest BCUT2D eigenvalue weighted by Gasteiger charge is 2.27. The van der Waals surface area contributed by atoms with Gasteiger partial charge in [-0.25, -0.2) is 13.2 Å². The van der Waals surface area contributed by atoms with E-state index in [4.69, 9.17) is 0 Å². The fourth-order valence-electron chi connectivity index (χ4n) is 2.34. The van der Waals surface area contributed by atoms with E-state index >= 15 is 0 Å². The minimum atomic E-state index is -3.70. The Hall–Kier alpha value is -2.20. The summed E-state index contributed by atoms with van der Waals surface area (Å²) in [6.45, 7) is 2.07. The lowest BCUT2D eigenvalue weighted by molar-refractivity contribution is -0.121. The quantitative estimate of drug-likeness (QED) is 0.787. The number of aromatic nitrogens is 1. The second-order valence-corrected chi connectivity index (χ2v) is 7.15. The van der Waals surface area contributed by atoms with Crippen LogP contribution in [0.15, 0.2) is 28.0 Å². The molecule has 0 unspecified atom stereocenters. The van der Waals surface area contributed by atoms with Crippen LogP contribution >= 0.6 is 0 Å². The number of alkyl carbamates (subject to hydrolysis) is 1. The predicted octanol–water partition coefficient (Wildman–Crippen LogP) is -0.0945. The second-order valence-electron chi connectivity index (χ2n) is 5.21. The molecule has 132 valence electrons. The molecule has 1 fully saturated rings. The summed E-state index contributed by atoms with van der Waals surface area (Å²) < 4.78 is 31.8. The standard InChI is InChI=1S/C14H19N3O6S/c1-2-23-14(20)15-12(18)10-16-9-11(5-6-13(16)19)24(21,22)17-7-3-4-8-17/h5-6,9H,2-4,7-8,10H2,1H3,(H,15,18,20). The Morgan fingerprint density at radius 1 is 1.25 bits per heavy atom. The van der Waals surface area contributed by atoms with Crippen molar-refractivity contribution < 1.29 is 22.7 Å². The molecule has 0 saturated carbocycles. The molecule has 1 aromatic rings. The zero-order valence-corrected chi connectivity index (χ0v) is 14.0. The highest BCUT2D eigenvalue weighted by molar-refractivity contribution is 7.89. The van der Waals surface area contributed by atoms with Gasteiger partial charge in [0, 0.05) is 25.4 Å². The Labute approximate surface area is 139 Å². The first-order valence-corrected chi connectivity index (χ1v) is 8.96. The molecule has 1 saturated heterocycles. The van der Waals surface area contributed by atoms with Gasteiger partial charge in [0.05, 0.1) is 11.5 Å². The molecule has 9 nitrogen and oxygen atoms in total. The average Bonchev–Trinajstić information content (AvgIpc) is 3.04. The maximum absolute atomic E-state index is 12.5. The smallest absolute Gasteiger partial charge is 0.413 e. The largest absolute Gasteiger partial charge is 0.450 e. The van der Waals surface area contributed by atoms with Crippen LogP contribution in [0.2, 0.25) is 0 Å². The number of ether oxygens (including phenoxy) is 1. The van der Waals surface area contributed by atoms with Crippen molar-refractivity contribution in [2.45, 2.75) is 31.2 Å². The molecule has 1 N–H and O–H groups in total. The number of pyridine rings is 1. The lowest BCUT2D eigenvalue weighted by Crippen LogP contribution is -2.36. The predicted molar refractivity (Wildman–Crippen MR) is 83.9 cm³/mol. The number of nitrogens with zero attached hydrogens (tertiary/aromatic N) is 2. The van der Waals surface area contributed by atoms with E-state index in [-0.39, 0.29) is 11.5 Å². The van der Waals surface area contributed by atoms with E-state index in [1.165, 1.54) is 10.4 Å². The monoisotopic (exact) mass is 357 g/mol. The van der Waals surface area contributed by atoms with Crippen LogP contribution in [0.1, 0.15) is 19.8 Å². The zero-order chi connectivity index (χ0) is 17.7. The number of carbonyl (C=O) groups is 2. The molecule has 24 heavy (non-hydrogen) atoms. The Bertz CT molecular complexity index is 780. The highest BCUT2D eigenvalue weighted by Crippen LogP contribution is 2.19. The van der Waals surface area contributed by atoms with Crippen LogP contribution in [0, 0.1) is 0 Å². The van der Waals surface area contributed by atoms with E-state index in [2.05, 4.69) is 4.74 Å². The summed E-state index contributed by atoms with van der Waals surface area (Å²) in [5, 5.41) is 1.95. The van der Waals surface area contributed by atoms with Crippen LogP contribution in [0.4, 0.5) is 4.79 Å². The molecule has 0 radical (unpaired) electrons. The lowest BCUT2D eigenvalue weighted by Gasteiger charge is -2.16. The Balaban J connectivity index is 2.18. The summed E-state index contributed by atoms with van der Waals surface area (Å²) >= 11 is 0. The number of imide groups is 1. The van der Waals surface area contributed by atoms with Crippen LogP contribution in [0.5, 0.6) is 0 Å². The number of hydrogen-bond donors (Lipinski definition) is 1. The molecule has 0 spiro atoms. The van der Waals surface area contributed by atoms with Crippen LogP contribution < -0.4 is 10.9 Å². The van der Waals surface area contributed by atoms with Gasteiger partial charge in [-0.15, -0.1) is 0 Å². The Kier molecular flexibility index (Phi) is 5.73. The van der Waals surface area contributed by atoms with Gasteiger partial charge in [0.1, 0.15) is 6.54 Å². The van der Waals surface area contributed by atoms with Crippen molar-refractivity contribution in [3.8, 4) is 0 Å². The van der Waals surface area contributed by atoms with Crippen molar-refractivity contribution >= 4 is 22.0 Å². The van der Waals surface area contributed by atoms with Crippen molar-refractivity contribution in [3.05, 3.63) is 28.7 Å². The summed E-state index contributed by atoms with van der Waals surface area (Å²) in [5.41, 5.74) is -0.547. The van der Waals surface area contributed by atoms with Crippen molar-refractivity contribution in [3.63, 3.8) is 0 Å².